The van der Waals surface area contributed by atoms with E-state index in [2.05, 4.69) is 5.32 Å². The standard InChI is InChI=1S/C18H19NO4S/c1-2-21-15-6-4-14(5-7-15)19-18(20)11-24-10-13-3-8-16-17(9-13)23-12-22-16/h3-9H,2,10-12H2,1H3,(H,19,20). The van der Waals surface area contributed by atoms with Crippen LogP contribution < -0.4 is 19.5 Å². The number of thioether (sulfide) groups is 1. The molecule has 0 radical (unpaired) electrons. The molecule has 5 nitrogen and oxygen atoms in total. The van der Waals surface area contributed by atoms with Crippen molar-refractivity contribution in [2.45, 2.75) is 12.7 Å². The van der Waals surface area contributed by atoms with E-state index in [-0.39, 0.29) is 12.7 Å². The van der Waals surface area contributed by atoms with Crippen molar-refractivity contribution in [1.29, 1.82) is 0 Å². The van der Waals surface area contributed by atoms with E-state index in [1.807, 2.05) is 49.4 Å². The fourth-order valence-electron chi connectivity index (χ4n) is 2.29. The van der Waals surface area contributed by atoms with Crippen LogP contribution in [0.2, 0.25) is 0 Å². The van der Waals surface area contributed by atoms with Gasteiger partial charge in [0.05, 0.1) is 12.4 Å². The van der Waals surface area contributed by atoms with Gasteiger partial charge in [-0.3, -0.25) is 4.79 Å². The normalized spacial score (nSPS) is 12.0. The summed E-state index contributed by atoms with van der Waals surface area (Å²) in [5.74, 6) is 3.45. The molecule has 0 atom stereocenters. The monoisotopic (exact) mass is 345 g/mol. The van der Waals surface area contributed by atoms with Crippen molar-refractivity contribution in [3.05, 3.63) is 48.0 Å². The van der Waals surface area contributed by atoms with E-state index in [9.17, 15) is 4.79 Å². The molecule has 0 bridgehead atoms. The second kappa shape index (κ2) is 7.97. The minimum absolute atomic E-state index is 0.0232. The topological polar surface area (TPSA) is 56.8 Å². The van der Waals surface area contributed by atoms with E-state index >= 15 is 0 Å². The van der Waals surface area contributed by atoms with Crippen molar-refractivity contribution in [1.82, 2.24) is 0 Å². The Hall–Kier alpha value is -2.34. The Morgan fingerprint density at radius 1 is 1.17 bits per heavy atom. The molecule has 1 aliphatic rings. The van der Waals surface area contributed by atoms with Gasteiger partial charge in [0.2, 0.25) is 12.7 Å². The van der Waals surface area contributed by atoms with E-state index in [0.29, 0.717) is 12.4 Å². The van der Waals surface area contributed by atoms with Crippen LogP contribution in [0.15, 0.2) is 42.5 Å². The number of anilines is 1. The number of amides is 1. The molecule has 126 valence electrons. The first kappa shape index (κ1) is 16.5. The van der Waals surface area contributed by atoms with E-state index in [1.165, 1.54) is 0 Å². The summed E-state index contributed by atoms with van der Waals surface area (Å²) < 4.78 is 16.0. The van der Waals surface area contributed by atoms with Crippen LogP contribution in [-0.4, -0.2) is 25.1 Å². The van der Waals surface area contributed by atoms with Gasteiger partial charge in [-0.05, 0) is 48.9 Å². The van der Waals surface area contributed by atoms with Crippen molar-refractivity contribution >= 4 is 23.4 Å². The Labute approximate surface area is 145 Å². The highest BCUT2D eigenvalue weighted by atomic mass is 32.2. The summed E-state index contributed by atoms with van der Waals surface area (Å²) in [6, 6.07) is 13.2. The van der Waals surface area contributed by atoms with Crippen molar-refractivity contribution in [3.8, 4) is 17.2 Å². The summed E-state index contributed by atoms with van der Waals surface area (Å²) >= 11 is 1.56. The first-order valence-corrected chi connectivity index (χ1v) is 8.89. The number of ether oxygens (including phenoxy) is 3. The number of nitrogens with one attached hydrogen (secondary N) is 1. The van der Waals surface area contributed by atoms with Crippen molar-refractivity contribution < 1.29 is 19.0 Å². The predicted octanol–water partition coefficient (Wildman–Crippen LogP) is 3.69. The van der Waals surface area contributed by atoms with Crippen molar-refractivity contribution in [2.24, 2.45) is 0 Å². The molecule has 1 N–H and O–H groups in total. The molecule has 2 aromatic carbocycles. The Kier molecular flexibility index (Phi) is 5.48. The maximum Gasteiger partial charge on any atom is 0.234 e. The number of carbonyl (C=O) groups excluding carboxylic acids is 1. The number of hydrogen-bond donors (Lipinski definition) is 1. The minimum Gasteiger partial charge on any atom is -0.494 e. The summed E-state index contributed by atoms with van der Waals surface area (Å²) in [5, 5.41) is 2.88. The summed E-state index contributed by atoms with van der Waals surface area (Å²) in [4.78, 5) is 12.0. The third-order valence-electron chi connectivity index (χ3n) is 3.39. The van der Waals surface area contributed by atoms with Gasteiger partial charge in [-0.25, -0.2) is 0 Å². The van der Waals surface area contributed by atoms with Gasteiger partial charge in [0, 0.05) is 11.4 Å². The quantitative estimate of drug-likeness (QED) is 0.829. The molecule has 2 aromatic rings. The van der Waals surface area contributed by atoms with Crippen LogP contribution in [-0.2, 0) is 10.5 Å². The molecule has 6 heteroatoms. The van der Waals surface area contributed by atoms with Crippen LogP contribution in [0.1, 0.15) is 12.5 Å². The maximum atomic E-state index is 12.0. The predicted molar refractivity (Wildman–Crippen MR) is 95.0 cm³/mol. The lowest BCUT2D eigenvalue weighted by Crippen LogP contribution is -2.14. The Morgan fingerprint density at radius 3 is 2.75 bits per heavy atom. The summed E-state index contributed by atoms with van der Waals surface area (Å²) in [6.45, 7) is 2.84. The molecule has 0 aromatic heterocycles. The molecule has 0 aliphatic carbocycles. The SMILES string of the molecule is CCOc1ccc(NC(=O)CSCc2ccc3c(c2)OCO3)cc1. The zero-order chi connectivity index (χ0) is 16.8. The number of fused-ring (bicyclic) bond motifs is 1. The second-order valence-corrected chi connectivity index (χ2v) is 6.17. The van der Waals surface area contributed by atoms with Crippen LogP contribution >= 0.6 is 11.8 Å². The molecule has 0 spiro atoms. The van der Waals surface area contributed by atoms with E-state index < -0.39 is 0 Å². The van der Waals surface area contributed by atoms with Gasteiger partial charge in [0.15, 0.2) is 11.5 Å². The highest BCUT2D eigenvalue weighted by Crippen LogP contribution is 2.33. The first-order valence-electron chi connectivity index (χ1n) is 7.73. The molecule has 0 unspecified atom stereocenters. The molecular formula is C18H19NO4S. The lowest BCUT2D eigenvalue weighted by atomic mass is 10.2. The minimum atomic E-state index is -0.0232. The van der Waals surface area contributed by atoms with Crippen LogP contribution in [0.5, 0.6) is 17.2 Å². The van der Waals surface area contributed by atoms with Gasteiger partial charge in [-0.1, -0.05) is 6.07 Å². The molecule has 0 saturated heterocycles. The fourth-order valence-corrected chi connectivity index (χ4v) is 3.07. The van der Waals surface area contributed by atoms with E-state index in [4.69, 9.17) is 14.2 Å². The molecule has 1 heterocycles. The lowest BCUT2D eigenvalue weighted by Gasteiger charge is -2.07. The van der Waals surface area contributed by atoms with Crippen molar-refractivity contribution in [2.75, 3.05) is 24.5 Å². The third-order valence-corrected chi connectivity index (χ3v) is 4.39. The molecule has 1 aliphatic heterocycles. The van der Waals surface area contributed by atoms with Crippen LogP contribution in [0.3, 0.4) is 0 Å². The zero-order valence-electron chi connectivity index (χ0n) is 13.4. The molecular weight excluding hydrogens is 326 g/mol. The smallest absolute Gasteiger partial charge is 0.234 e. The van der Waals surface area contributed by atoms with Crippen LogP contribution in [0, 0.1) is 0 Å². The molecule has 0 fully saturated rings. The van der Waals surface area contributed by atoms with Gasteiger partial charge < -0.3 is 19.5 Å². The molecule has 3 rings (SSSR count). The van der Waals surface area contributed by atoms with Gasteiger partial charge >= 0.3 is 0 Å². The summed E-state index contributed by atoms with van der Waals surface area (Å²) in [5.41, 5.74) is 1.88. The highest BCUT2D eigenvalue weighted by molar-refractivity contribution is 7.99. The van der Waals surface area contributed by atoms with Gasteiger partial charge in [0.25, 0.3) is 0 Å². The lowest BCUT2D eigenvalue weighted by molar-refractivity contribution is -0.113. The van der Waals surface area contributed by atoms with Crippen LogP contribution in [0.4, 0.5) is 5.69 Å². The largest absolute Gasteiger partial charge is 0.494 e. The molecule has 24 heavy (non-hydrogen) atoms. The Morgan fingerprint density at radius 2 is 1.96 bits per heavy atom. The Balaban J connectivity index is 1.44. The zero-order valence-corrected chi connectivity index (χ0v) is 14.2. The van der Waals surface area contributed by atoms with Gasteiger partial charge in [-0.15, -0.1) is 11.8 Å². The van der Waals surface area contributed by atoms with E-state index in [1.54, 1.807) is 11.8 Å². The summed E-state index contributed by atoms with van der Waals surface area (Å²) in [6.07, 6.45) is 0. The highest BCUT2D eigenvalue weighted by Gasteiger charge is 2.13. The number of benzene rings is 2. The van der Waals surface area contributed by atoms with Gasteiger partial charge in [-0.2, -0.15) is 0 Å². The Bertz CT molecular complexity index is 703. The average Bonchev–Trinajstić information content (AvgIpc) is 3.05. The number of hydrogen-bond acceptors (Lipinski definition) is 5. The number of carbonyl (C=O) groups is 1. The van der Waals surface area contributed by atoms with Crippen LogP contribution in [0.25, 0.3) is 0 Å². The summed E-state index contributed by atoms with van der Waals surface area (Å²) in [7, 11) is 0. The second-order valence-electron chi connectivity index (χ2n) is 5.19. The van der Waals surface area contributed by atoms with E-state index in [0.717, 1.165) is 34.3 Å². The molecule has 0 saturated carbocycles. The number of rotatable bonds is 7. The van der Waals surface area contributed by atoms with Crippen molar-refractivity contribution in [3.63, 3.8) is 0 Å². The fraction of sp³-hybridized carbons (Fsp3) is 0.278. The third kappa shape index (κ3) is 4.35. The first-order chi connectivity index (χ1) is 11.7. The average molecular weight is 345 g/mol. The van der Waals surface area contributed by atoms with Gasteiger partial charge in [0.1, 0.15) is 5.75 Å². The molecule has 1 amide bonds. The maximum absolute atomic E-state index is 12.0.